The van der Waals surface area contributed by atoms with Crippen LogP contribution in [-0.4, -0.2) is 17.8 Å². The van der Waals surface area contributed by atoms with E-state index in [0.717, 1.165) is 23.3 Å². The lowest BCUT2D eigenvalue weighted by atomic mass is 9.96. The van der Waals surface area contributed by atoms with Gasteiger partial charge in [-0.25, -0.2) is 0 Å². The van der Waals surface area contributed by atoms with E-state index >= 15 is 0 Å². The molecule has 3 atom stereocenters. The van der Waals surface area contributed by atoms with Gasteiger partial charge < -0.3 is 15.4 Å². The van der Waals surface area contributed by atoms with Crippen molar-refractivity contribution in [2.24, 2.45) is 11.8 Å². The van der Waals surface area contributed by atoms with E-state index in [1.807, 2.05) is 24.3 Å². The number of fused-ring (bicyclic) bond motifs is 2. The maximum atomic E-state index is 5.53. The largest absolute Gasteiger partial charge is 0.489 e. The number of ether oxygens (including phenoxy) is 1. The first-order valence-electron chi connectivity index (χ1n) is 7.66. The molecule has 0 spiro atoms. The van der Waals surface area contributed by atoms with Crippen LogP contribution in [0, 0.1) is 11.8 Å². The first-order chi connectivity index (χ1) is 10.2. The van der Waals surface area contributed by atoms with E-state index in [2.05, 4.69) is 17.2 Å². The molecule has 0 saturated heterocycles. The van der Waals surface area contributed by atoms with Crippen LogP contribution < -0.4 is 15.4 Å². The highest BCUT2D eigenvalue weighted by atomic mass is 32.1. The summed E-state index contributed by atoms with van der Waals surface area (Å²) < 4.78 is 5.53. The Hall–Kier alpha value is -1.55. The molecule has 2 aliphatic carbocycles. The molecule has 0 amide bonds. The van der Waals surface area contributed by atoms with Crippen LogP contribution in [0.5, 0.6) is 5.75 Å². The van der Waals surface area contributed by atoms with Crippen LogP contribution in [-0.2, 0) is 0 Å². The van der Waals surface area contributed by atoms with E-state index < -0.39 is 0 Å². The maximum Gasteiger partial charge on any atom is 0.171 e. The minimum absolute atomic E-state index is 0.511. The molecule has 2 bridgehead atoms. The summed E-state index contributed by atoms with van der Waals surface area (Å²) in [5.41, 5.74) is 0.956. The summed E-state index contributed by atoms with van der Waals surface area (Å²) in [6.45, 7) is 4.16. The molecule has 0 heterocycles. The van der Waals surface area contributed by atoms with Crippen LogP contribution in [0.1, 0.15) is 25.7 Å². The van der Waals surface area contributed by atoms with Crippen molar-refractivity contribution in [1.29, 1.82) is 0 Å². The Kier molecular flexibility index (Phi) is 4.44. The van der Waals surface area contributed by atoms with Gasteiger partial charge in [0.25, 0.3) is 0 Å². The molecule has 0 aliphatic heterocycles. The third kappa shape index (κ3) is 3.56. The fourth-order valence-electron chi connectivity index (χ4n) is 3.58. The van der Waals surface area contributed by atoms with E-state index in [0.29, 0.717) is 17.8 Å². The lowest BCUT2D eigenvalue weighted by Crippen LogP contribution is -2.40. The van der Waals surface area contributed by atoms with Gasteiger partial charge >= 0.3 is 0 Å². The zero-order chi connectivity index (χ0) is 14.7. The molecular formula is C17H22N2OS. The summed E-state index contributed by atoms with van der Waals surface area (Å²) in [6.07, 6.45) is 7.16. The van der Waals surface area contributed by atoms with Crippen LogP contribution in [0.4, 0.5) is 5.69 Å². The number of hydrogen-bond acceptors (Lipinski definition) is 2. The molecule has 21 heavy (non-hydrogen) atoms. The normalized spacial score (nSPS) is 26.4. The van der Waals surface area contributed by atoms with Gasteiger partial charge in [-0.05, 0) is 55.4 Å². The SMILES string of the molecule is C=CCOc1cccc(NC(=S)N[C@H]2C[C@@H]3CC[C@@H]2C3)c1. The van der Waals surface area contributed by atoms with Crippen molar-refractivity contribution in [3.8, 4) is 5.75 Å². The number of nitrogens with one attached hydrogen (secondary N) is 2. The second kappa shape index (κ2) is 6.48. The monoisotopic (exact) mass is 302 g/mol. The van der Waals surface area contributed by atoms with Gasteiger partial charge in [-0.15, -0.1) is 0 Å². The van der Waals surface area contributed by atoms with Gasteiger partial charge in [0.05, 0.1) is 0 Å². The molecule has 2 aliphatic rings. The molecule has 4 heteroatoms. The Bertz CT molecular complexity index is 531. The molecule has 0 unspecified atom stereocenters. The lowest BCUT2D eigenvalue weighted by Gasteiger charge is -2.24. The lowest BCUT2D eigenvalue weighted by molar-refractivity contribution is 0.363. The molecular weight excluding hydrogens is 280 g/mol. The van der Waals surface area contributed by atoms with Gasteiger partial charge in [-0.1, -0.05) is 25.1 Å². The molecule has 0 radical (unpaired) electrons. The molecule has 2 N–H and O–H groups in total. The second-order valence-electron chi connectivity index (χ2n) is 6.01. The average molecular weight is 302 g/mol. The molecule has 2 saturated carbocycles. The Morgan fingerprint density at radius 2 is 2.29 bits per heavy atom. The van der Waals surface area contributed by atoms with Gasteiger partial charge in [0.2, 0.25) is 0 Å². The molecule has 0 aromatic heterocycles. The quantitative estimate of drug-likeness (QED) is 0.641. The molecule has 112 valence electrons. The van der Waals surface area contributed by atoms with Gasteiger partial charge in [-0.2, -0.15) is 0 Å². The van der Waals surface area contributed by atoms with Crippen molar-refractivity contribution in [2.45, 2.75) is 31.7 Å². The van der Waals surface area contributed by atoms with Crippen molar-refractivity contribution < 1.29 is 4.74 Å². The van der Waals surface area contributed by atoms with Crippen molar-refractivity contribution in [2.75, 3.05) is 11.9 Å². The number of rotatable bonds is 5. The Balaban J connectivity index is 1.53. The molecule has 1 aromatic rings. The van der Waals surface area contributed by atoms with Gasteiger partial charge in [0.1, 0.15) is 12.4 Å². The van der Waals surface area contributed by atoms with E-state index in [9.17, 15) is 0 Å². The van der Waals surface area contributed by atoms with Gasteiger partial charge in [-0.3, -0.25) is 0 Å². The van der Waals surface area contributed by atoms with E-state index in [1.165, 1.54) is 25.7 Å². The number of thiocarbonyl (C=S) groups is 1. The number of benzene rings is 1. The van der Waals surface area contributed by atoms with Crippen LogP contribution >= 0.6 is 12.2 Å². The Morgan fingerprint density at radius 3 is 3.00 bits per heavy atom. The first kappa shape index (κ1) is 14.4. The van der Waals surface area contributed by atoms with Crippen molar-refractivity contribution in [3.05, 3.63) is 36.9 Å². The predicted octanol–water partition coefficient (Wildman–Crippen LogP) is 3.73. The zero-order valence-electron chi connectivity index (χ0n) is 12.2. The smallest absolute Gasteiger partial charge is 0.171 e. The van der Waals surface area contributed by atoms with Crippen LogP contribution in [0.3, 0.4) is 0 Å². The minimum atomic E-state index is 0.511. The third-order valence-corrected chi connectivity index (χ3v) is 4.73. The summed E-state index contributed by atoms with van der Waals surface area (Å²) in [5.74, 6) is 2.56. The van der Waals surface area contributed by atoms with E-state index in [-0.39, 0.29) is 0 Å². The minimum Gasteiger partial charge on any atom is -0.489 e. The van der Waals surface area contributed by atoms with Crippen LogP contribution in [0.25, 0.3) is 0 Å². The van der Waals surface area contributed by atoms with E-state index in [4.69, 9.17) is 17.0 Å². The highest BCUT2D eigenvalue weighted by Crippen LogP contribution is 2.44. The average Bonchev–Trinajstić information content (AvgIpc) is 3.08. The Morgan fingerprint density at radius 1 is 1.38 bits per heavy atom. The highest BCUT2D eigenvalue weighted by molar-refractivity contribution is 7.80. The van der Waals surface area contributed by atoms with Gasteiger partial charge in [0, 0.05) is 17.8 Å². The molecule has 3 nitrogen and oxygen atoms in total. The highest BCUT2D eigenvalue weighted by Gasteiger charge is 2.39. The number of hydrogen-bond donors (Lipinski definition) is 2. The van der Waals surface area contributed by atoms with Crippen LogP contribution in [0.15, 0.2) is 36.9 Å². The van der Waals surface area contributed by atoms with Crippen molar-refractivity contribution in [1.82, 2.24) is 5.32 Å². The zero-order valence-corrected chi connectivity index (χ0v) is 13.0. The standard InChI is InChI=1S/C17H22N2OS/c1-2-8-20-15-5-3-4-14(11-15)18-17(21)19-16-10-12-6-7-13(16)9-12/h2-5,11-13,16H,1,6-10H2,(H2,18,19,21)/t12-,13-,16+/m1/s1. The summed E-state index contributed by atoms with van der Waals surface area (Å²) in [5, 5.41) is 7.46. The molecule has 1 aromatic carbocycles. The fraction of sp³-hybridized carbons (Fsp3) is 0.471. The summed E-state index contributed by atoms with van der Waals surface area (Å²) in [6, 6.07) is 8.40. The van der Waals surface area contributed by atoms with Gasteiger partial charge in [0.15, 0.2) is 5.11 Å². The summed E-state index contributed by atoms with van der Waals surface area (Å²) >= 11 is 5.44. The van der Waals surface area contributed by atoms with Crippen molar-refractivity contribution >= 4 is 23.0 Å². The summed E-state index contributed by atoms with van der Waals surface area (Å²) in [7, 11) is 0. The Labute approximate surface area is 131 Å². The van der Waals surface area contributed by atoms with Crippen molar-refractivity contribution in [3.63, 3.8) is 0 Å². The molecule has 2 fully saturated rings. The van der Waals surface area contributed by atoms with E-state index in [1.54, 1.807) is 6.08 Å². The topological polar surface area (TPSA) is 33.3 Å². The second-order valence-corrected chi connectivity index (χ2v) is 6.42. The maximum absolute atomic E-state index is 5.53. The fourth-order valence-corrected chi connectivity index (χ4v) is 3.85. The molecule has 3 rings (SSSR count). The van der Waals surface area contributed by atoms with Crippen LogP contribution in [0.2, 0.25) is 0 Å². The third-order valence-electron chi connectivity index (χ3n) is 4.51. The predicted molar refractivity (Wildman–Crippen MR) is 90.7 cm³/mol. The first-order valence-corrected chi connectivity index (χ1v) is 8.06. The number of anilines is 1. The summed E-state index contributed by atoms with van der Waals surface area (Å²) in [4.78, 5) is 0.